The molecule has 0 radical (unpaired) electrons. The summed E-state index contributed by atoms with van der Waals surface area (Å²) in [5, 5.41) is 20.4. The Balaban J connectivity index is 0.00000361. The van der Waals surface area contributed by atoms with Crippen LogP contribution in [0.25, 0.3) is 0 Å². The number of aromatic hydroxyl groups is 2. The largest absolute Gasteiger partial charge is 0.508 e. The van der Waals surface area contributed by atoms with Crippen molar-refractivity contribution in [2.45, 2.75) is 39.4 Å². The number of hydrogen-bond donors (Lipinski definition) is 3. The van der Waals surface area contributed by atoms with E-state index in [-0.39, 0.29) is 41.3 Å². The molecule has 4 rings (SSSR count). The molecular weight excluding hydrogens is 480 g/mol. The maximum Gasteiger partial charge on any atom is 0.258 e. The van der Waals surface area contributed by atoms with Gasteiger partial charge < -0.3 is 25.6 Å². The van der Waals surface area contributed by atoms with Crippen molar-refractivity contribution < 1.29 is 19.7 Å². The molecule has 2 aliphatic rings. The summed E-state index contributed by atoms with van der Waals surface area (Å²) in [6, 6.07) is 9.40. The number of phenolic OH excluding ortho intramolecular Hbond substituents is 2. The zero-order chi connectivity index (χ0) is 24.9. The Morgan fingerprint density at radius 3 is 2.36 bits per heavy atom. The molecule has 2 heterocycles. The molecule has 1 saturated heterocycles. The zero-order valence-electron chi connectivity index (χ0n) is 21.3. The first-order valence-electron chi connectivity index (χ1n) is 12.5. The molecule has 0 saturated carbocycles. The summed E-state index contributed by atoms with van der Waals surface area (Å²) in [5.74, 6) is -0.330. The van der Waals surface area contributed by atoms with Gasteiger partial charge in [-0.3, -0.25) is 14.6 Å². The summed E-state index contributed by atoms with van der Waals surface area (Å²) < 4.78 is 5.50. The van der Waals surface area contributed by atoms with Crippen molar-refractivity contribution in [3.05, 3.63) is 58.1 Å². The quantitative estimate of drug-likeness (QED) is 0.439. The molecule has 198 valence electrons. The predicted molar refractivity (Wildman–Crippen MR) is 143 cm³/mol. The van der Waals surface area contributed by atoms with E-state index in [0.29, 0.717) is 31.8 Å². The van der Waals surface area contributed by atoms with E-state index >= 15 is 0 Å². The van der Waals surface area contributed by atoms with Gasteiger partial charge in [0.05, 0.1) is 18.8 Å². The van der Waals surface area contributed by atoms with Crippen molar-refractivity contribution in [2.24, 2.45) is 5.73 Å². The first-order chi connectivity index (χ1) is 16.9. The van der Waals surface area contributed by atoms with E-state index < -0.39 is 0 Å². The molecule has 1 fully saturated rings. The lowest BCUT2D eigenvalue weighted by Gasteiger charge is -2.34. The second-order valence-corrected chi connectivity index (χ2v) is 9.87. The van der Waals surface area contributed by atoms with Crippen LogP contribution in [0.5, 0.6) is 11.5 Å². The molecule has 0 unspecified atom stereocenters. The van der Waals surface area contributed by atoms with Crippen molar-refractivity contribution in [3.8, 4) is 11.5 Å². The number of hydrogen-bond acceptors (Lipinski definition) is 7. The van der Waals surface area contributed by atoms with Crippen molar-refractivity contribution in [1.82, 2.24) is 14.7 Å². The van der Waals surface area contributed by atoms with Gasteiger partial charge in [-0.25, -0.2) is 0 Å². The van der Waals surface area contributed by atoms with Gasteiger partial charge in [-0.2, -0.15) is 0 Å². The molecule has 2 aliphatic heterocycles. The number of nitrogens with two attached hydrogens (primary N) is 1. The average Bonchev–Trinajstić information content (AvgIpc) is 3.26. The Morgan fingerprint density at radius 1 is 0.972 bits per heavy atom. The van der Waals surface area contributed by atoms with Crippen LogP contribution < -0.4 is 5.73 Å². The molecule has 2 aromatic rings. The van der Waals surface area contributed by atoms with Crippen LogP contribution in [0.1, 0.15) is 52.4 Å². The minimum absolute atomic E-state index is 0. The van der Waals surface area contributed by atoms with Gasteiger partial charge in [0.1, 0.15) is 11.5 Å². The second-order valence-electron chi connectivity index (χ2n) is 9.87. The van der Waals surface area contributed by atoms with Gasteiger partial charge in [0, 0.05) is 65.0 Å². The van der Waals surface area contributed by atoms with E-state index in [0.717, 1.165) is 57.0 Å². The standard InChI is InChI=1S/C27H38N4O4.ClH/c1-19(2)23-14-24(26(33)15-25(23)32)27(34)31-17-21-4-3-20(13-22(21)18-31)16-30-8-6-29(7-9-30)10-12-35-11-5-28;/h3-4,13-15,19,32-33H,5-12,16-18,28H2,1-2H3;1H. The monoisotopic (exact) mass is 518 g/mol. The van der Waals surface area contributed by atoms with Crippen LogP contribution >= 0.6 is 12.4 Å². The number of carbonyl (C=O) groups excluding carboxylic acids is 1. The van der Waals surface area contributed by atoms with E-state index in [9.17, 15) is 15.0 Å². The summed E-state index contributed by atoms with van der Waals surface area (Å²) in [6.07, 6.45) is 0. The molecular formula is C27H39ClN4O4. The van der Waals surface area contributed by atoms with Crippen LogP contribution in [0, 0.1) is 0 Å². The summed E-state index contributed by atoms with van der Waals surface area (Å²) in [5.41, 5.74) is 9.93. The lowest BCUT2D eigenvalue weighted by Crippen LogP contribution is -2.46. The third-order valence-corrected chi connectivity index (χ3v) is 6.96. The van der Waals surface area contributed by atoms with Crippen LogP contribution in [-0.4, -0.2) is 83.3 Å². The first kappa shape index (κ1) is 28.2. The molecule has 0 spiro atoms. The highest BCUT2D eigenvalue weighted by Gasteiger charge is 2.27. The van der Waals surface area contributed by atoms with Crippen LogP contribution in [0.3, 0.4) is 0 Å². The highest BCUT2D eigenvalue weighted by Crippen LogP contribution is 2.34. The number of carbonyl (C=O) groups is 1. The molecule has 0 bridgehead atoms. The molecule has 4 N–H and O–H groups in total. The van der Waals surface area contributed by atoms with Crippen molar-refractivity contribution in [2.75, 3.05) is 52.5 Å². The molecule has 2 aromatic carbocycles. The fourth-order valence-corrected chi connectivity index (χ4v) is 4.90. The summed E-state index contributed by atoms with van der Waals surface area (Å²) in [7, 11) is 0. The smallest absolute Gasteiger partial charge is 0.258 e. The van der Waals surface area contributed by atoms with Gasteiger partial charge in [0.25, 0.3) is 5.91 Å². The van der Waals surface area contributed by atoms with E-state index in [2.05, 4.69) is 28.0 Å². The highest BCUT2D eigenvalue weighted by molar-refractivity contribution is 5.97. The van der Waals surface area contributed by atoms with Gasteiger partial charge >= 0.3 is 0 Å². The summed E-state index contributed by atoms with van der Waals surface area (Å²) >= 11 is 0. The van der Waals surface area contributed by atoms with E-state index in [1.54, 1.807) is 11.0 Å². The Morgan fingerprint density at radius 2 is 1.67 bits per heavy atom. The Hall–Kier alpha value is -2.36. The minimum atomic E-state index is -0.214. The molecule has 0 atom stereocenters. The lowest BCUT2D eigenvalue weighted by atomic mass is 9.98. The number of amides is 1. The molecule has 0 aromatic heterocycles. The molecule has 9 heteroatoms. The number of ether oxygens (including phenoxy) is 1. The third-order valence-electron chi connectivity index (χ3n) is 6.96. The SMILES string of the molecule is CC(C)c1cc(C(=O)N2Cc3ccc(CN4CCN(CCOCCN)CC4)cc3C2)c(O)cc1O.Cl. The number of piperazine rings is 1. The normalized spacial score (nSPS) is 16.3. The number of halogens is 1. The van der Waals surface area contributed by atoms with Gasteiger partial charge in [0.2, 0.25) is 0 Å². The molecule has 0 aliphatic carbocycles. The number of fused-ring (bicyclic) bond motifs is 1. The summed E-state index contributed by atoms with van der Waals surface area (Å²) in [4.78, 5) is 19.9. The van der Waals surface area contributed by atoms with E-state index in [4.69, 9.17) is 10.5 Å². The van der Waals surface area contributed by atoms with Gasteiger partial charge in [-0.05, 0) is 34.2 Å². The number of nitrogens with zero attached hydrogens (tertiary/aromatic N) is 3. The molecule has 8 nitrogen and oxygen atoms in total. The number of rotatable bonds is 9. The fourth-order valence-electron chi connectivity index (χ4n) is 4.90. The van der Waals surface area contributed by atoms with Crippen LogP contribution in [-0.2, 0) is 24.4 Å². The Labute approximate surface area is 220 Å². The van der Waals surface area contributed by atoms with Crippen LogP contribution in [0.4, 0.5) is 0 Å². The molecule has 36 heavy (non-hydrogen) atoms. The second kappa shape index (κ2) is 12.7. The highest BCUT2D eigenvalue weighted by atomic mass is 35.5. The maximum absolute atomic E-state index is 13.2. The molecule has 1 amide bonds. The zero-order valence-corrected chi connectivity index (χ0v) is 22.1. The lowest BCUT2D eigenvalue weighted by molar-refractivity contribution is 0.0748. The fraction of sp³-hybridized carbons (Fsp3) is 0.519. The van der Waals surface area contributed by atoms with Crippen molar-refractivity contribution in [3.63, 3.8) is 0 Å². The Kier molecular flexibility index (Phi) is 9.99. The topological polar surface area (TPSA) is 103 Å². The summed E-state index contributed by atoms with van der Waals surface area (Å²) in [6.45, 7) is 12.8. The predicted octanol–water partition coefficient (Wildman–Crippen LogP) is 2.89. The van der Waals surface area contributed by atoms with Crippen LogP contribution in [0.15, 0.2) is 30.3 Å². The van der Waals surface area contributed by atoms with Crippen molar-refractivity contribution >= 4 is 18.3 Å². The van der Waals surface area contributed by atoms with Crippen molar-refractivity contribution in [1.29, 1.82) is 0 Å². The van der Waals surface area contributed by atoms with Crippen LogP contribution in [0.2, 0.25) is 0 Å². The first-order valence-corrected chi connectivity index (χ1v) is 12.5. The number of benzene rings is 2. The maximum atomic E-state index is 13.2. The number of phenols is 2. The van der Waals surface area contributed by atoms with Gasteiger partial charge in [-0.1, -0.05) is 32.0 Å². The average molecular weight is 519 g/mol. The van der Waals surface area contributed by atoms with E-state index in [1.165, 1.54) is 11.6 Å². The third kappa shape index (κ3) is 6.69. The van der Waals surface area contributed by atoms with Gasteiger partial charge in [0.15, 0.2) is 0 Å². The van der Waals surface area contributed by atoms with Gasteiger partial charge in [-0.15, -0.1) is 12.4 Å². The Bertz CT molecular complexity index is 1040. The minimum Gasteiger partial charge on any atom is -0.508 e. The van der Waals surface area contributed by atoms with E-state index in [1.807, 2.05) is 13.8 Å².